The minimum Gasteiger partial charge on any atom is -0.495 e. The SMILES string of the molecule is COc1ccc(N2C(=O)[C@H](N3C(=O)c4c(Cl)c(Cl)c(Cl)c(Cl)c4C3=O)[C@@H]2c2ccc(OC)c(OC)c2)cc1Cl. The number of nitrogens with zero attached hydrogens (tertiary/aromatic N) is 2. The molecule has 2 atom stereocenters. The van der Waals surface area contributed by atoms with Crippen molar-refractivity contribution in [3.8, 4) is 17.2 Å². The number of halogens is 5. The van der Waals surface area contributed by atoms with Gasteiger partial charge in [0.25, 0.3) is 17.7 Å². The second-order valence-electron chi connectivity index (χ2n) is 8.52. The number of hydrogen-bond donors (Lipinski definition) is 0. The number of amides is 3. The Hall–Kier alpha value is -2.88. The van der Waals surface area contributed by atoms with Gasteiger partial charge in [-0.2, -0.15) is 0 Å². The average Bonchev–Trinajstić information content (AvgIpc) is 3.18. The molecule has 0 spiro atoms. The first-order chi connectivity index (χ1) is 18.6. The first kappa shape index (κ1) is 27.7. The number of ether oxygens (including phenoxy) is 3. The van der Waals surface area contributed by atoms with Gasteiger partial charge in [-0.05, 0) is 35.9 Å². The molecule has 2 heterocycles. The van der Waals surface area contributed by atoms with Crippen LogP contribution in [0.1, 0.15) is 32.3 Å². The first-order valence-corrected chi connectivity index (χ1v) is 13.1. The monoisotopic (exact) mass is 628 g/mol. The van der Waals surface area contributed by atoms with E-state index >= 15 is 0 Å². The Kier molecular flexibility index (Phi) is 7.28. The van der Waals surface area contributed by atoms with Crippen molar-refractivity contribution in [3.05, 3.63) is 78.2 Å². The molecule has 5 rings (SSSR count). The molecule has 0 aliphatic carbocycles. The van der Waals surface area contributed by atoms with Crippen LogP contribution in [0.3, 0.4) is 0 Å². The van der Waals surface area contributed by atoms with Gasteiger partial charge < -0.3 is 19.1 Å². The normalized spacial score (nSPS) is 18.3. The molecule has 0 N–H and O–H groups in total. The second-order valence-corrected chi connectivity index (χ2v) is 10.4. The maximum Gasteiger partial charge on any atom is 0.264 e. The van der Waals surface area contributed by atoms with E-state index in [0.29, 0.717) is 28.5 Å². The van der Waals surface area contributed by atoms with Crippen molar-refractivity contribution in [2.45, 2.75) is 12.1 Å². The second kappa shape index (κ2) is 10.3. The van der Waals surface area contributed by atoms with Gasteiger partial charge in [0.15, 0.2) is 11.5 Å². The van der Waals surface area contributed by atoms with Crippen LogP contribution in [0.5, 0.6) is 17.2 Å². The highest BCUT2D eigenvalue weighted by atomic mass is 35.5. The summed E-state index contributed by atoms with van der Waals surface area (Å²) in [6, 6.07) is 7.72. The van der Waals surface area contributed by atoms with E-state index in [1.165, 1.54) is 26.2 Å². The van der Waals surface area contributed by atoms with Gasteiger partial charge in [0, 0.05) is 5.69 Å². The number of hydrogen-bond acceptors (Lipinski definition) is 6. The quantitative estimate of drug-likeness (QED) is 0.130. The van der Waals surface area contributed by atoms with Crippen LogP contribution in [0.2, 0.25) is 25.1 Å². The molecule has 2 aliphatic heterocycles. The zero-order valence-electron chi connectivity index (χ0n) is 20.4. The molecule has 1 saturated heterocycles. The number of anilines is 1. The van der Waals surface area contributed by atoms with Gasteiger partial charge in [-0.3, -0.25) is 19.3 Å². The van der Waals surface area contributed by atoms with Gasteiger partial charge in [0.2, 0.25) is 0 Å². The number of fused-ring (bicyclic) bond motifs is 1. The highest BCUT2D eigenvalue weighted by molar-refractivity contribution is 6.55. The lowest BCUT2D eigenvalue weighted by Crippen LogP contribution is -2.67. The molecule has 0 radical (unpaired) electrons. The fraction of sp³-hybridized carbons (Fsp3) is 0.192. The van der Waals surface area contributed by atoms with Crippen molar-refractivity contribution in [3.63, 3.8) is 0 Å². The molecule has 202 valence electrons. The standard InChI is InChI=1S/C26H17Cl5N2O6/c1-37-13-7-5-11(9-12(13)27)32-22(10-4-6-14(38-2)15(8-10)39-3)23(26(32)36)33-24(34)16-17(25(33)35)19(29)21(31)20(30)18(16)28/h4-9,22-23H,1-3H3/t22-,23+/m0/s1. The van der Waals surface area contributed by atoms with E-state index in [-0.39, 0.29) is 36.2 Å². The summed E-state index contributed by atoms with van der Waals surface area (Å²) in [5.41, 5.74) is 0.534. The number of benzene rings is 3. The summed E-state index contributed by atoms with van der Waals surface area (Å²) < 4.78 is 16.0. The van der Waals surface area contributed by atoms with E-state index in [0.717, 1.165) is 4.90 Å². The fourth-order valence-corrected chi connectivity index (χ4v) is 6.07. The van der Waals surface area contributed by atoms with Crippen LogP contribution in [0.25, 0.3) is 0 Å². The topological polar surface area (TPSA) is 85.4 Å². The van der Waals surface area contributed by atoms with E-state index < -0.39 is 29.8 Å². The van der Waals surface area contributed by atoms with Crippen molar-refractivity contribution in [2.75, 3.05) is 26.2 Å². The Labute approximate surface area is 247 Å². The van der Waals surface area contributed by atoms with Gasteiger partial charge in [-0.15, -0.1) is 0 Å². The largest absolute Gasteiger partial charge is 0.495 e. The molecule has 0 bridgehead atoms. The Morgan fingerprint density at radius 1 is 0.615 bits per heavy atom. The third kappa shape index (κ3) is 4.08. The molecule has 3 aromatic rings. The molecule has 39 heavy (non-hydrogen) atoms. The number of carbonyl (C=O) groups is 3. The van der Waals surface area contributed by atoms with Gasteiger partial charge in [-0.25, -0.2) is 0 Å². The minimum absolute atomic E-state index is 0.170. The van der Waals surface area contributed by atoms with Crippen molar-refractivity contribution >= 4 is 81.4 Å². The van der Waals surface area contributed by atoms with Crippen LogP contribution in [0, 0.1) is 0 Å². The van der Waals surface area contributed by atoms with Crippen LogP contribution in [0.4, 0.5) is 5.69 Å². The van der Waals surface area contributed by atoms with E-state index in [4.69, 9.17) is 72.2 Å². The minimum atomic E-state index is -1.26. The van der Waals surface area contributed by atoms with Gasteiger partial charge in [-0.1, -0.05) is 64.1 Å². The molecule has 3 aromatic carbocycles. The lowest BCUT2D eigenvalue weighted by molar-refractivity contribution is -0.130. The summed E-state index contributed by atoms with van der Waals surface area (Å²) >= 11 is 31.3. The van der Waals surface area contributed by atoms with Crippen molar-refractivity contribution in [1.82, 2.24) is 4.90 Å². The fourth-order valence-electron chi connectivity index (χ4n) is 4.81. The summed E-state index contributed by atoms with van der Waals surface area (Å²) in [6.07, 6.45) is 0. The molecule has 3 amide bonds. The first-order valence-electron chi connectivity index (χ1n) is 11.2. The van der Waals surface area contributed by atoms with E-state index in [1.807, 2.05) is 0 Å². The van der Waals surface area contributed by atoms with Gasteiger partial charge in [0.05, 0.1) is 63.6 Å². The Bertz CT molecular complexity index is 1530. The molecule has 0 aromatic heterocycles. The summed E-state index contributed by atoms with van der Waals surface area (Å²) in [5, 5.41) is -0.530. The zero-order valence-corrected chi connectivity index (χ0v) is 24.1. The Balaban J connectivity index is 1.65. The number of imide groups is 1. The van der Waals surface area contributed by atoms with Crippen LogP contribution in [-0.2, 0) is 4.79 Å². The average molecular weight is 631 g/mol. The number of carbonyl (C=O) groups excluding carboxylic acids is 3. The van der Waals surface area contributed by atoms with Gasteiger partial charge >= 0.3 is 0 Å². The van der Waals surface area contributed by atoms with Crippen LogP contribution in [-0.4, -0.2) is 50.0 Å². The van der Waals surface area contributed by atoms with Crippen LogP contribution >= 0.6 is 58.0 Å². The molecule has 0 unspecified atom stereocenters. The number of rotatable bonds is 6. The van der Waals surface area contributed by atoms with E-state index in [1.54, 1.807) is 36.4 Å². The summed E-state index contributed by atoms with van der Waals surface area (Å²) in [7, 11) is 4.42. The van der Waals surface area contributed by atoms with E-state index in [9.17, 15) is 14.4 Å². The summed E-state index contributed by atoms with van der Waals surface area (Å²) in [5.74, 6) is -0.951. The third-order valence-corrected chi connectivity index (χ3v) is 8.74. The maximum atomic E-state index is 13.8. The predicted octanol–water partition coefficient (Wildman–Crippen LogP) is 6.73. The summed E-state index contributed by atoms with van der Waals surface area (Å²) in [4.78, 5) is 43.2. The Morgan fingerprint density at radius 3 is 1.67 bits per heavy atom. The Morgan fingerprint density at radius 2 is 1.15 bits per heavy atom. The lowest BCUT2D eigenvalue weighted by Gasteiger charge is -2.49. The third-order valence-electron chi connectivity index (χ3n) is 6.64. The molecular formula is C26H17Cl5N2O6. The van der Waals surface area contributed by atoms with E-state index in [2.05, 4.69) is 0 Å². The maximum absolute atomic E-state index is 13.8. The number of β-lactam (4-membered cyclic amide) rings is 1. The molecule has 2 aliphatic rings. The zero-order chi connectivity index (χ0) is 28.3. The molecule has 0 saturated carbocycles. The smallest absolute Gasteiger partial charge is 0.264 e. The van der Waals surface area contributed by atoms with Crippen molar-refractivity contribution in [2.24, 2.45) is 0 Å². The summed E-state index contributed by atoms with van der Waals surface area (Å²) in [6.45, 7) is 0. The van der Waals surface area contributed by atoms with Crippen molar-refractivity contribution < 1.29 is 28.6 Å². The molecule has 8 nitrogen and oxygen atoms in total. The molecule has 13 heteroatoms. The van der Waals surface area contributed by atoms with Crippen LogP contribution < -0.4 is 19.1 Å². The lowest BCUT2D eigenvalue weighted by atomic mass is 9.86. The highest BCUT2D eigenvalue weighted by Crippen LogP contribution is 2.50. The predicted molar refractivity (Wildman–Crippen MR) is 149 cm³/mol. The molecule has 1 fully saturated rings. The van der Waals surface area contributed by atoms with Crippen LogP contribution in [0.15, 0.2) is 36.4 Å². The highest BCUT2D eigenvalue weighted by Gasteiger charge is 2.58. The number of methoxy groups -OCH3 is 3. The van der Waals surface area contributed by atoms with Crippen molar-refractivity contribution in [1.29, 1.82) is 0 Å². The molecular weight excluding hydrogens is 614 g/mol. The van der Waals surface area contributed by atoms with Gasteiger partial charge in [0.1, 0.15) is 11.8 Å².